The number of Topliss-reactive ketones (excluding diaryl/α,β-unsaturated/α-hetero) is 1. The molecule has 0 aromatic heterocycles. The second-order valence-electron chi connectivity index (χ2n) is 6.29. The minimum absolute atomic E-state index is 0.226. The Balaban J connectivity index is 1.67. The van der Waals surface area contributed by atoms with Gasteiger partial charge in [0.05, 0.1) is 20.8 Å². The number of rotatable bonds is 12. The quantitative estimate of drug-likeness (QED) is 0.223. The van der Waals surface area contributed by atoms with E-state index in [0.717, 1.165) is 36.8 Å². The molecule has 0 saturated carbocycles. The predicted molar refractivity (Wildman–Crippen MR) is 105 cm³/mol. The third-order valence-corrected chi connectivity index (χ3v) is 4.32. The zero-order valence-electron chi connectivity index (χ0n) is 16.3. The lowest BCUT2D eigenvalue weighted by atomic mass is 10.0. The number of unbranched alkanes of at least 4 members (excludes halogenated alkanes) is 3. The number of benzene rings is 2. The van der Waals surface area contributed by atoms with Gasteiger partial charge in [-0.3, -0.25) is 4.79 Å². The molecule has 2 aromatic carbocycles. The normalized spacial score (nSPS) is 10.5. The highest BCUT2D eigenvalue weighted by Gasteiger charge is 2.12. The summed E-state index contributed by atoms with van der Waals surface area (Å²) in [5.74, 6) is 1.85. The van der Waals surface area contributed by atoms with E-state index in [1.165, 1.54) is 7.11 Å². The fraction of sp³-hybridized carbons (Fsp3) is 0.409. The summed E-state index contributed by atoms with van der Waals surface area (Å²) in [5, 5.41) is 0. The van der Waals surface area contributed by atoms with E-state index < -0.39 is 0 Å². The first kappa shape index (κ1) is 20.8. The predicted octanol–water partition coefficient (Wildman–Crippen LogP) is 5.16. The molecule has 5 nitrogen and oxygen atoms in total. The zero-order valence-corrected chi connectivity index (χ0v) is 16.3. The number of hydrogen-bond acceptors (Lipinski definition) is 5. The number of ketones is 1. The molecule has 0 heterocycles. The molecule has 5 heteroatoms. The van der Waals surface area contributed by atoms with Crippen molar-refractivity contribution in [1.82, 2.24) is 0 Å². The molecule has 27 heavy (non-hydrogen) atoms. The Morgan fingerprint density at radius 3 is 2.37 bits per heavy atom. The van der Waals surface area contributed by atoms with Gasteiger partial charge < -0.3 is 14.4 Å². The molecule has 0 fully saturated rings. The highest BCUT2D eigenvalue weighted by Crippen LogP contribution is 2.37. The van der Waals surface area contributed by atoms with E-state index in [-0.39, 0.29) is 5.78 Å². The Morgan fingerprint density at radius 2 is 1.63 bits per heavy atom. The van der Waals surface area contributed by atoms with Crippen molar-refractivity contribution in [1.29, 1.82) is 0 Å². The van der Waals surface area contributed by atoms with Crippen molar-refractivity contribution in [3.63, 3.8) is 0 Å². The van der Waals surface area contributed by atoms with Crippen LogP contribution in [0.4, 0.5) is 0 Å². The minimum atomic E-state index is 0.226. The Bertz CT molecular complexity index is 726. The maximum absolute atomic E-state index is 12.2. The Morgan fingerprint density at radius 1 is 0.889 bits per heavy atom. The second kappa shape index (κ2) is 11.2. The number of carbonyl (C=O) groups excluding carboxylic acids is 1. The molecule has 0 aliphatic heterocycles. The fourth-order valence-electron chi connectivity index (χ4n) is 2.91. The Hall–Kier alpha value is -2.53. The summed E-state index contributed by atoms with van der Waals surface area (Å²) in [6, 6.07) is 13.2. The first-order valence-electron chi connectivity index (χ1n) is 9.26. The number of para-hydroxylation sites is 1. The molecule has 0 spiro atoms. The molecule has 0 aliphatic rings. The smallest absolute Gasteiger partial charge is 0.211 e. The first-order valence-corrected chi connectivity index (χ1v) is 9.26. The zero-order chi connectivity index (χ0) is 19.5. The molecular formula is C22H28O5. The first-order chi connectivity index (χ1) is 13.2. The monoisotopic (exact) mass is 372 g/mol. The molecule has 0 radical (unpaired) electrons. The molecule has 0 unspecified atom stereocenters. The maximum Gasteiger partial charge on any atom is 0.211 e. The van der Waals surface area contributed by atoms with Crippen molar-refractivity contribution in [3.05, 3.63) is 53.6 Å². The average molecular weight is 372 g/mol. The Kier molecular flexibility index (Phi) is 8.65. The maximum atomic E-state index is 12.2. The number of ether oxygens (including phenoxy) is 2. The lowest BCUT2D eigenvalue weighted by Gasteiger charge is -2.13. The van der Waals surface area contributed by atoms with Crippen molar-refractivity contribution >= 4 is 5.78 Å². The lowest BCUT2D eigenvalue weighted by Crippen LogP contribution is -2.02. The summed E-state index contributed by atoms with van der Waals surface area (Å²) in [7, 11) is 3.01. The van der Waals surface area contributed by atoms with Crippen LogP contribution in [-0.4, -0.2) is 26.6 Å². The van der Waals surface area contributed by atoms with E-state index in [1.54, 1.807) is 13.2 Å². The van der Waals surface area contributed by atoms with Gasteiger partial charge in [0.15, 0.2) is 11.5 Å². The van der Waals surface area contributed by atoms with Crippen LogP contribution in [0.25, 0.3) is 0 Å². The van der Waals surface area contributed by atoms with Gasteiger partial charge in [0.1, 0.15) is 0 Å². The number of aryl methyl sites for hydroxylation is 1. The van der Waals surface area contributed by atoms with Gasteiger partial charge in [0.25, 0.3) is 0 Å². The molecule has 0 bridgehead atoms. The lowest BCUT2D eigenvalue weighted by molar-refractivity contribution is -0.179. The van der Waals surface area contributed by atoms with E-state index in [9.17, 15) is 4.79 Å². The third kappa shape index (κ3) is 6.29. The van der Waals surface area contributed by atoms with E-state index in [1.807, 2.05) is 43.3 Å². The van der Waals surface area contributed by atoms with Crippen molar-refractivity contribution in [2.75, 3.05) is 20.8 Å². The molecular weight excluding hydrogens is 344 g/mol. The second-order valence-corrected chi connectivity index (χ2v) is 6.29. The van der Waals surface area contributed by atoms with Crippen LogP contribution in [-0.2, 0) is 4.89 Å². The number of carbonyl (C=O) groups is 1. The van der Waals surface area contributed by atoms with Crippen molar-refractivity contribution < 1.29 is 24.0 Å². The topological polar surface area (TPSA) is 54.0 Å². The number of hydrogen-bond donors (Lipinski definition) is 0. The highest BCUT2D eigenvalue weighted by atomic mass is 17.2. The van der Waals surface area contributed by atoms with Gasteiger partial charge in [-0.1, -0.05) is 43.2 Å². The van der Waals surface area contributed by atoms with Gasteiger partial charge in [0.2, 0.25) is 11.5 Å². The fourth-order valence-corrected chi connectivity index (χ4v) is 2.91. The van der Waals surface area contributed by atoms with Gasteiger partial charge in [0, 0.05) is 12.0 Å². The molecule has 2 aromatic rings. The van der Waals surface area contributed by atoms with Crippen molar-refractivity contribution in [3.8, 4) is 17.2 Å². The van der Waals surface area contributed by atoms with Crippen LogP contribution in [0.15, 0.2) is 42.5 Å². The molecule has 2 rings (SSSR count). The van der Waals surface area contributed by atoms with Gasteiger partial charge in [-0.05, 0) is 37.5 Å². The van der Waals surface area contributed by atoms with Crippen molar-refractivity contribution in [2.45, 2.75) is 39.0 Å². The van der Waals surface area contributed by atoms with Gasteiger partial charge in [-0.15, -0.1) is 0 Å². The van der Waals surface area contributed by atoms with Gasteiger partial charge in [-0.2, -0.15) is 4.89 Å². The SMILES string of the molecule is COOc1cccc(OCCCCCCC(=O)c2ccccc2C)c1OC. The summed E-state index contributed by atoms with van der Waals surface area (Å²) in [6.07, 6.45) is 4.42. The van der Waals surface area contributed by atoms with Gasteiger partial charge in [-0.25, -0.2) is 0 Å². The summed E-state index contributed by atoms with van der Waals surface area (Å²) in [5.41, 5.74) is 1.88. The van der Waals surface area contributed by atoms with Crippen LogP contribution in [0.3, 0.4) is 0 Å². The van der Waals surface area contributed by atoms with Crippen LogP contribution >= 0.6 is 0 Å². The molecule has 0 aliphatic carbocycles. The summed E-state index contributed by atoms with van der Waals surface area (Å²) >= 11 is 0. The van der Waals surface area contributed by atoms with Crippen molar-refractivity contribution in [2.24, 2.45) is 0 Å². The summed E-state index contributed by atoms with van der Waals surface area (Å²) < 4.78 is 11.1. The highest BCUT2D eigenvalue weighted by molar-refractivity contribution is 5.97. The summed E-state index contributed by atoms with van der Waals surface area (Å²) in [6.45, 7) is 2.56. The van der Waals surface area contributed by atoms with E-state index >= 15 is 0 Å². The molecule has 0 atom stereocenters. The van der Waals surface area contributed by atoms with E-state index in [4.69, 9.17) is 19.2 Å². The third-order valence-electron chi connectivity index (χ3n) is 4.32. The molecule has 0 amide bonds. The van der Waals surface area contributed by atoms with Crippen LogP contribution in [0.5, 0.6) is 17.2 Å². The Labute approximate surface area is 161 Å². The molecule has 0 N–H and O–H groups in total. The largest absolute Gasteiger partial charge is 0.490 e. The van der Waals surface area contributed by atoms with Crippen LogP contribution in [0.1, 0.15) is 48.0 Å². The van der Waals surface area contributed by atoms with Crippen LogP contribution in [0, 0.1) is 6.92 Å². The van der Waals surface area contributed by atoms with Crippen LogP contribution < -0.4 is 14.4 Å². The molecule has 146 valence electrons. The summed E-state index contributed by atoms with van der Waals surface area (Å²) in [4.78, 5) is 22.0. The number of methoxy groups -OCH3 is 1. The standard InChI is InChI=1S/C22H28O5/c1-17-11-7-8-12-18(17)19(23)13-6-4-5-9-16-26-20-14-10-15-21(27-25-3)22(20)24-2/h7-8,10-12,14-15H,4-6,9,13,16H2,1-3H3. The van der Waals surface area contributed by atoms with E-state index in [0.29, 0.717) is 30.3 Å². The van der Waals surface area contributed by atoms with E-state index in [2.05, 4.69) is 0 Å². The minimum Gasteiger partial charge on any atom is -0.490 e. The average Bonchev–Trinajstić information content (AvgIpc) is 2.68. The molecule has 0 saturated heterocycles. The van der Waals surface area contributed by atoms with Crippen LogP contribution in [0.2, 0.25) is 0 Å². The van der Waals surface area contributed by atoms with Gasteiger partial charge >= 0.3 is 0 Å².